The van der Waals surface area contributed by atoms with Gasteiger partial charge in [-0.3, -0.25) is 9.89 Å². The molecular formula is C21H31N5O. The minimum Gasteiger partial charge on any atom is -0.468 e. The first-order valence-electron chi connectivity index (χ1n) is 9.65. The van der Waals surface area contributed by atoms with Crippen molar-refractivity contribution in [2.24, 2.45) is 4.99 Å². The molecule has 0 amide bonds. The normalized spacial score (nSPS) is 16.3. The molecule has 27 heavy (non-hydrogen) atoms. The van der Waals surface area contributed by atoms with Crippen LogP contribution in [0.5, 0.6) is 0 Å². The molecule has 2 heterocycles. The van der Waals surface area contributed by atoms with Gasteiger partial charge in [-0.15, -0.1) is 0 Å². The Labute approximate surface area is 162 Å². The highest BCUT2D eigenvalue weighted by Crippen LogP contribution is 2.24. The minimum atomic E-state index is 0.237. The van der Waals surface area contributed by atoms with Crippen molar-refractivity contribution >= 4 is 11.6 Å². The van der Waals surface area contributed by atoms with E-state index in [-0.39, 0.29) is 6.04 Å². The van der Waals surface area contributed by atoms with E-state index in [0.29, 0.717) is 0 Å². The van der Waals surface area contributed by atoms with E-state index >= 15 is 0 Å². The molecule has 0 saturated carbocycles. The molecule has 1 aromatic carbocycles. The van der Waals surface area contributed by atoms with E-state index in [4.69, 9.17) is 4.42 Å². The lowest BCUT2D eigenvalue weighted by Gasteiger charge is -2.26. The summed E-state index contributed by atoms with van der Waals surface area (Å²) in [6.07, 6.45) is 4.27. The highest BCUT2D eigenvalue weighted by atomic mass is 16.3. The van der Waals surface area contributed by atoms with Crippen molar-refractivity contribution in [3.05, 3.63) is 54.0 Å². The zero-order valence-corrected chi connectivity index (χ0v) is 16.6. The van der Waals surface area contributed by atoms with Crippen LogP contribution in [0.15, 0.2) is 52.1 Å². The zero-order chi connectivity index (χ0) is 19.1. The third-order valence-electron chi connectivity index (χ3n) is 5.05. The van der Waals surface area contributed by atoms with Gasteiger partial charge in [0.25, 0.3) is 0 Å². The standard InChI is InChI=1S/C21H31N5O/c1-22-21(23-15-17-8-10-18(11-9-17)25(2)3)24-16-19(20-7-6-14-27-20)26-12-4-5-13-26/h6-11,14,19H,4-5,12-13,15-16H2,1-3H3,(H2,22,23,24). The fraction of sp³-hybridized carbons (Fsp3) is 0.476. The number of furan rings is 1. The average molecular weight is 370 g/mol. The Hall–Kier alpha value is -2.47. The summed E-state index contributed by atoms with van der Waals surface area (Å²) in [5.41, 5.74) is 2.43. The zero-order valence-electron chi connectivity index (χ0n) is 16.6. The number of rotatable bonds is 7. The molecule has 1 atom stereocenters. The summed E-state index contributed by atoms with van der Waals surface area (Å²) in [7, 11) is 5.91. The molecule has 6 heteroatoms. The van der Waals surface area contributed by atoms with Crippen LogP contribution < -0.4 is 15.5 Å². The van der Waals surface area contributed by atoms with E-state index in [2.05, 4.69) is 69.9 Å². The van der Waals surface area contributed by atoms with Gasteiger partial charge in [0.1, 0.15) is 5.76 Å². The van der Waals surface area contributed by atoms with Gasteiger partial charge in [0, 0.05) is 39.9 Å². The van der Waals surface area contributed by atoms with E-state index in [9.17, 15) is 0 Å². The number of guanidine groups is 1. The lowest BCUT2D eigenvalue weighted by Crippen LogP contribution is -2.42. The molecule has 0 spiro atoms. The molecule has 0 bridgehead atoms. The molecule has 1 saturated heterocycles. The Kier molecular flexibility index (Phi) is 6.76. The lowest BCUT2D eigenvalue weighted by molar-refractivity contribution is 0.215. The van der Waals surface area contributed by atoms with Crippen molar-refractivity contribution in [3.8, 4) is 0 Å². The number of anilines is 1. The lowest BCUT2D eigenvalue weighted by atomic mass is 10.2. The van der Waals surface area contributed by atoms with E-state index in [1.807, 2.05) is 13.1 Å². The van der Waals surface area contributed by atoms with Crippen molar-refractivity contribution in [2.75, 3.05) is 45.7 Å². The molecule has 3 rings (SSSR count). The van der Waals surface area contributed by atoms with Crippen LogP contribution >= 0.6 is 0 Å². The third kappa shape index (κ3) is 5.26. The van der Waals surface area contributed by atoms with Crippen LogP contribution in [-0.2, 0) is 6.54 Å². The fourth-order valence-electron chi connectivity index (χ4n) is 3.46. The van der Waals surface area contributed by atoms with Crippen LogP contribution in [0.25, 0.3) is 0 Å². The van der Waals surface area contributed by atoms with E-state index in [0.717, 1.165) is 37.9 Å². The van der Waals surface area contributed by atoms with Crippen molar-refractivity contribution in [1.82, 2.24) is 15.5 Å². The second-order valence-electron chi connectivity index (χ2n) is 7.14. The summed E-state index contributed by atoms with van der Waals surface area (Å²) in [6.45, 7) is 3.75. The molecule has 2 aromatic rings. The maximum Gasteiger partial charge on any atom is 0.191 e. The molecule has 0 radical (unpaired) electrons. The maximum atomic E-state index is 5.69. The summed E-state index contributed by atoms with van der Waals surface area (Å²) in [5, 5.41) is 6.87. The Morgan fingerprint density at radius 3 is 2.48 bits per heavy atom. The smallest absolute Gasteiger partial charge is 0.191 e. The number of nitrogens with zero attached hydrogens (tertiary/aromatic N) is 3. The molecule has 1 unspecified atom stereocenters. The Morgan fingerprint density at radius 2 is 1.89 bits per heavy atom. The molecule has 6 nitrogen and oxygen atoms in total. The summed E-state index contributed by atoms with van der Waals surface area (Å²) in [4.78, 5) is 8.95. The van der Waals surface area contributed by atoms with Crippen molar-refractivity contribution < 1.29 is 4.42 Å². The summed E-state index contributed by atoms with van der Waals surface area (Å²) in [6, 6.07) is 12.8. The van der Waals surface area contributed by atoms with E-state index < -0.39 is 0 Å². The Balaban J connectivity index is 1.54. The topological polar surface area (TPSA) is 56.0 Å². The van der Waals surface area contributed by atoms with Gasteiger partial charge in [0.05, 0.1) is 12.3 Å². The van der Waals surface area contributed by atoms with Gasteiger partial charge in [-0.25, -0.2) is 0 Å². The highest BCUT2D eigenvalue weighted by Gasteiger charge is 2.25. The first-order chi connectivity index (χ1) is 13.2. The van der Waals surface area contributed by atoms with Gasteiger partial charge in [-0.1, -0.05) is 12.1 Å². The molecule has 1 fully saturated rings. The second-order valence-corrected chi connectivity index (χ2v) is 7.14. The molecule has 146 valence electrons. The first-order valence-corrected chi connectivity index (χ1v) is 9.65. The monoisotopic (exact) mass is 369 g/mol. The van der Waals surface area contributed by atoms with Crippen LogP contribution in [0.1, 0.15) is 30.2 Å². The van der Waals surface area contributed by atoms with Gasteiger partial charge in [0.15, 0.2) is 5.96 Å². The van der Waals surface area contributed by atoms with E-state index in [1.165, 1.54) is 24.1 Å². The third-order valence-corrected chi connectivity index (χ3v) is 5.05. The Morgan fingerprint density at radius 1 is 1.15 bits per heavy atom. The van der Waals surface area contributed by atoms with E-state index in [1.54, 1.807) is 6.26 Å². The fourth-order valence-corrected chi connectivity index (χ4v) is 3.46. The highest BCUT2D eigenvalue weighted by molar-refractivity contribution is 5.79. The molecule has 0 aliphatic carbocycles. The number of aliphatic imine (C=N–C) groups is 1. The number of likely N-dealkylation sites (tertiary alicyclic amines) is 1. The number of benzene rings is 1. The van der Waals surface area contributed by atoms with Crippen LogP contribution in [0.4, 0.5) is 5.69 Å². The molecule has 1 aliphatic heterocycles. The predicted octanol–water partition coefficient (Wildman–Crippen LogP) is 2.85. The van der Waals surface area contributed by atoms with Gasteiger partial charge in [-0.2, -0.15) is 0 Å². The van der Waals surface area contributed by atoms with Crippen molar-refractivity contribution in [3.63, 3.8) is 0 Å². The molecule has 1 aliphatic rings. The van der Waals surface area contributed by atoms with Gasteiger partial charge >= 0.3 is 0 Å². The van der Waals surface area contributed by atoms with Gasteiger partial charge < -0.3 is 20.0 Å². The quantitative estimate of drug-likeness (QED) is 0.581. The number of hydrogen-bond donors (Lipinski definition) is 2. The first kappa shape index (κ1) is 19.3. The Bertz CT molecular complexity index is 703. The predicted molar refractivity (Wildman–Crippen MR) is 111 cm³/mol. The maximum absolute atomic E-state index is 5.69. The number of hydrogen-bond acceptors (Lipinski definition) is 4. The molecule has 2 N–H and O–H groups in total. The number of nitrogens with one attached hydrogen (secondary N) is 2. The largest absolute Gasteiger partial charge is 0.468 e. The molecular weight excluding hydrogens is 338 g/mol. The van der Waals surface area contributed by atoms with Crippen molar-refractivity contribution in [2.45, 2.75) is 25.4 Å². The van der Waals surface area contributed by atoms with Gasteiger partial charge in [-0.05, 0) is 55.8 Å². The van der Waals surface area contributed by atoms with Gasteiger partial charge in [0.2, 0.25) is 0 Å². The van der Waals surface area contributed by atoms with Crippen LogP contribution in [0, 0.1) is 0 Å². The SMILES string of the molecule is CN=C(NCc1ccc(N(C)C)cc1)NCC(c1ccco1)N1CCCC1. The van der Waals surface area contributed by atoms with Crippen LogP contribution in [-0.4, -0.2) is 51.6 Å². The summed E-state index contributed by atoms with van der Waals surface area (Å²) in [5.74, 6) is 1.82. The minimum absolute atomic E-state index is 0.237. The summed E-state index contributed by atoms with van der Waals surface area (Å²) < 4.78 is 5.69. The van der Waals surface area contributed by atoms with Crippen LogP contribution in [0.3, 0.4) is 0 Å². The summed E-state index contributed by atoms with van der Waals surface area (Å²) >= 11 is 0. The van der Waals surface area contributed by atoms with Crippen LogP contribution in [0.2, 0.25) is 0 Å². The van der Waals surface area contributed by atoms with Crippen molar-refractivity contribution in [1.29, 1.82) is 0 Å². The average Bonchev–Trinajstić information content (AvgIpc) is 3.39. The second kappa shape index (κ2) is 9.46. The molecule has 1 aromatic heterocycles.